The van der Waals surface area contributed by atoms with E-state index in [9.17, 15) is 9.59 Å². The number of nitrogens with zero attached hydrogens (tertiary/aromatic N) is 2. The van der Waals surface area contributed by atoms with Crippen molar-refractivity contribution in [3.63, 3.8) is 0 Å². The van der Waals surface area contributed by atoms with Gasteiger partial charge in [0.1, 0.15) is 5.69 Å². The summed E-state index contributed by atoms with van der Waals surface area (Å²) in [4.78, 5) is 30.3. The van der Waals surface area contributed by atoms with Gasteiger partial charge in [0.05, 0.1) is 17.2 Å². The molecular formula is C13H14N4O3S. The summed E-state index contributed by atoms with van der Waals surface area (Å²) in [5.41, 5.74) is 1.52. The van der Waals surface area contributed by atoms with Gasteiger partial charge in [0, 0.05) is 18.1 Å². The van der Waals surface area contributed by atoms with E-state index in [1.807, 2.05) is 12.3 Å². The maximum absolute atomic E-state index is 11.6. The summed E-state index contributed by atoms with van der Waals surface area (Å²) in [5.74, 6) is -1.08. The summed E-state index contributed by atoms with van der Waals surface area (Å²) < 4.78 is 0. The molecule has 0 saturated carbocycles. The van der Waals surface area contributed by atoms with E-state index in [0.717, 1.165) is 16.3 Å². The maximum Gasteiger partial charge on any atom is 0.354 e. The lowest BCUT2D eigenvalue weighted by Gasteiger charge is -2.06. The van der Waals surface area contributed by atoms with Crippen molar-refractivity contribution in [1.82, 2.24) is 20.6 Å². The first kappa shape index (κ1) is 14.9. The van der Waals surface area contributed by atoms with Crippen LogP contribution < -0.4 is 10.6 Å². The van der Waals surface area contributed by atoms with Gasteiger partial charge in [-0.25, -0.2) is 19.6 Å². The van der Waals surface area contributed by atoms with Crippen LogP contribution in [0.1, 0.15) is 26.8 Å². The van der Waals surface area contributed by atoms with Gasteiger partial charge in [-0.15, -0.1) is 11.3 Å². The average Bonchev–Trinajstić information content (AvgIpc) is 2.89. The molecule has 0 bridgehead atoms. The average molecular weight is 306 g/mol. The highest BCUT2D eigenvalue weighted by Gasteiger charge is 2.05. The van der Waals surface area contributed by atoms with E-state index in [1.165, 1.54) is 23.6 Å². The van der Waals surface area contributed by atoms with Crippen LogP contribution in [0.3, 0.4) is 0 Å². The zero-order valence-corrected chi connectivity index (χ0v) is 12.1. The number of urea groups is 1. The molecule has 8 heteroatoms. The second-order valence-corrected chi connectivity index (χ2v) is 5.31. The number of aryl methyl sites for hydroxylation is 1. The zero-order valence-electron chi connectivity index (χ0n) is 11.3. The van der Waals surface area contributed by atoms with Crippen molar-refractivity contribution in [3.8, 4) is 0 Å². The number of amides is 2. The standard InChI is InChI=1S/C13H14N4O3S/c1-8-17-10(7-21-8)6-16-13(20)15-5-9-2-3-11(12(18)19)14-4-9/h2-4,7H,5-6H2,1H3,(H,18,19)(H2,15,16,20). The van der Waals surface area contributed by atoms with Crippen LogP contribution >= 0.6 is 11.3 Å². The Morgan fingerprint density at radius 3 is 2.62 bits per heavy atom. The zero-order chi connectivity index (χ0) is 15.2. The van der Waals surface area contributed by atoms with Gasteiger partial charge < -0.3 is 15.7 Å². The lowest BCUT2D eigenvalue weighted by molar-refractivity contribution is 0.0690. The molecule has 2 heterocycles. The van der Waals surface area contributed by atoms with Crippen molar-refractivity contribution >= 4 is 23.3 Å². The Hall–Kier alpha value is -2.48. The molecule has 0 atom stereocenters. The molecule has 0 aliphatic carbocycles. The minimum absolute atomic E-state index is 0.0258. The predicted octanol–water partition coefficient (Wildman–Crippen LogP) is 1.54. The van der Waals surface area contributed by atoms with Crippen LogP contribution in [0.4, 0.5) is 4.79 Å². The fourth-order valence-corrected chi connectivity index (χ4v) is 2.17. The van der Waals surface area contributed by atoms with Crippen LogP contribution in [-0.4, -0.2) is 27.1 Å². The summed E-state index contributed by atoms with van der Waals surface area (Å²) in [5, 5.41) is 16.9. The van der Waals surface area contributed by atoms with Gasteiger partial charge in [0.2, 0.25) is 0 Å². The molecule has 2 aromatic rings. The quantitative estimate of drug-likeness (QED) is 0.777. The molecule has 0 fully saturated rings. The number of rotatable bonds is 5. The summed E-state index contributed by atoms with van der Waals surface area (Å²) in [7, 11) is 0. The number of aromatic nitrogens is 2. The molecule has 0 aliphatic rings. The summed E-state index contributed by atoms with van der Waals surface area (Å²) in [6, 6.07) is 2.69. The number of aromatic carboxylic acids is 1. The second-order valence-electron chi connectivity index (χ2n) is 4.25. The van der Waals surface area contributed by atoms with E-state index in [0.29, 0.717) is 6.54 Å². The number of hydrogen-bond donors (Lipinski definition) is 3. The van der Waals surface area contributed by atoms with Crippen LogP contribution in [0.2, 0.25) is 0 Å². The third-order valence-electron chi connectivity index (χ3n) is 2.59. The molecule has 3 N–H and O–H groups in total. The first-order chi connectivity index (χ1) is 10.0. The predicted molar refractivity (Wildman–Crippen MR) is 77.1 cm³/mol. The highest BCUT2D eigenvalue weighted by Crippen LogP contribution is 2.07. The fourth-order valence-electron chi connectivity index (χ4n) is 1.56. The van der Waals surface area contributed by atoms with Crippen molar-refractivity contribution in [2.45, 2.75) is 20.0 Å². The van der Waals surface area contributed by atoms with Crippen LogP contribution in [0.5, 0.6) is 0 Å². The van der Waals surface area contributed by atoms with Crippen molar-refractivity contribution in [2.24, 2.45) is 0 Å². The molecule has 0 spiro atoms. The Bertz CT molecular complexity index is 639. The molecule has 0 saturated heterocycles. The molecular weight excluding hydrogens is 292 g/mol. The number of carboxylic acids is 1. The third kappa shape index (κ3) is 4.53. The van der Waals surface area contributed by atoms with Crippen molar-refractivity contribution < 1.29 is 14.7 Å². The summed E-state index contributed by atoms with van der Waals surface area (Å²) in [6.07, 6.45) is 1.42. The normalized spacial score (nSPS) is 10.1. The minimum atomic E-state index is -1.08. The van der Waals surface area contributed by atoms with Gasteiger partial charge in [0.15, 0.2) is 0 Å². The number of hydrogen-bond acceptors (Lipinski definition) is 5. The van der Waals surface area contributed by atoms with E-state index in [2.05, 4.69) is 20.6 Å². The highest BCUT2D eigenvalue weighted by molar-refractivity contribution is 7.09. The maximum atomic E-state index is 11.6. The molecule has 0 radical (unpaired) electrons. The molecule has 0 aromatic carbocycles. The highest BCUT2D eigenvalue weighted by atomic mass is 32.1. The number of carbonyl (C=O) groups is 2. The lowest BCUT2D eigenvalue weighted by atomic mass is 10.2. The molecule has 2 amide bonds. The second kappa shape index (κ2) is 6.80. The van der Waals surface area contributed by atoms with Crippen LogP contribution in [0.25, 0.3) is 0 Å². The lowest BCUT2D eigenvalue weighted by Crippen LogP contribution is -2.34. The molecule has 21 heavy (non-hydrogen) atoms. The molecule has 7 nitrogen and oxygen atoms in total. The monoisotopic (exact) mass is 306 g/mol. The van der Waals surface area contributed by atoms with Crippen molar-refractivity contribution in [2.75, 3.05) is 0 Å². The van der Waals surface area contributed by atoms with E-state index in [1.54, 1.807) is 6.07 Å². The van der Waals surface area contributed by atoms with Crippen LogP contribution in [0, 0.1) is 6.92 Å². The Kier molecular flexibility index (Phi) is 4.83. The molecule has 110 valence electrons. The van der Waals surface area contributed by atoms with Gasteiger partial charge in [0.25, 0.3) is 0 Å². The molecule has 0 unspecified atom stereocenters. The molecule has 2 aromatic heterocycles. The first-order valence-electron chi connectivity index (χ1n) is 6.15. The number of pyridine rings is 1. The van der Waals surface area contributed by atoms with Gasteiger partial charge in [-0.1, -0.05) is 6.07 Å². The van der Waals surface area contributed by atoms with Gasteiger partial charge >= 0.3 is 12.0 Å². The SMILES string of the molecule is Cc1nc(CNC(=O)NCc2ccc(C(=O)O)nc2)cs1. The Morgan fingerprint density at radius 2 is 2.05 bits per heavy atom. The van der Waals surface area contributed by atoms with E-state index in [4.69, 9.17) is 5.11 Å². The molecule has 2 rings (SSSR count). The topological polar surface area (TPSA) is 104 Å². The van der Waals surface area contributed by atoms with Gasteiger partial charge in [-0.05, 0) is 18.6 Å². The molecule has 0 aliphatic heterocycles. The van der Waals surface area contributed by atoms with E-state index in [-0.39, 0.29) is 18.3 Å². The smallest absolute Gasteiger partial charge is 0.354 e. The van der Waals surface area contributed by atoms with Gasteiger partial charge in [-0.3, -0.25) is 0 Å². The van der Waals surface area contributed by atoms with Gasteiger partial charge in [-0.2, -0.15) is 0 Å². The first-order valence-corrected chi connectivity index (χ1v) is 7.03. The number of thiazole rings is 1. The summed E-state index contributed by atoms with van der Waals surface area (Å²) >= 11 is 1.53. The number of carboxylic acid groups (broad SMARTS) is 1. The van der Waals surface area contributed by atoms with Crippen LogP contribution in [-0.2, 0) is 13.1 Å². The van der Waals surface area contributed by atoms with E-state index < -0.39 is 5.97 Å². The fraction of sp³-hybridized carbons (Fsp3) is 0.231. The van der Waals surface area contributed by atoms with Crippen molar-refractivity contribution in [3.05, 3.63) is 45.7 Å². The Balaban J connectivity index is 1.77. The number of carbonyl (C=O) groups excluding carboxylic acids is 1. The Labute approximate surface area is 125 Å². The van der Waals surface area contributed by atoms with E-state index >= 15 is 0 Å². The third-order valence-corrected chi connectivity index (χ3v) is 3.42. The number of nitrogens with one attached hydrogen (secondary N) is 2. The Morgan fingerprint density at radius 1 is 1.29 bits per heavy atom. The van der Waals surface area contributed by atoms with Crippen LogP contribution in [0.15, 0.2) is 23.7 Å². The minimum Gasteiger partial charge on any atom is -0.477 e. The summed E-state index contributed by atoms with van der Waals surface area (Å²) in [6.45, 7) is 2.54. The van der Waals surface area contributed by atoms with Crippen molar-refractivity contribution in [1.29, 1.82) is 0 Å². The largest absolute Gasteiger partial charge is 0.477 e.